The molecule has 0 aliphatic heterocycles. The van der Waals surface area contributed by atoms with Crippen molar-refractivity contribution in [1.82, 2.24) is 0 Å². The minimum Gasteiger partial charge on any atom is -0.461 e. The number of nitrogens with one attached hydrogen (secondary N) is 1. The number of esters is 1. The van der Waals surface area contributed by atoms with Gasteiger partial charge in [-0.3, -0.25) is 4.79 Å². The summed E-state index contributed by atoms with van der Waals surface area (Å²) in [7, 11) is 0. The smallest absolute Gasteiger partial charge is 0.381 e. The predicted octanol–water partition coefficient (Wildman–Crippen LogP) is 4.04. The average molecular weight is 351 g/mol. The molecular formula is C18H16F3NO3. The van der Waals surface area contributed by atoms with Gasteiger partial charge in [-0.15, -0.1) is 0 Å². The Morgan fingerprint density at radius 2 is 1.88 bits per heavy atom. The number of hydrogen-bond donors (Lipinski definition) is 1. The van der Waals surface area contributed by atoms with E-state index >= 15 is 0 Å². The lowest BCUT2D eigenvalue weighted by Crippen LogP contribution is -2.28. The SMILES string of the molecule is CCOC(=O)C(F)(F)c1cccc(C(=O)Nc2ccc(F)c(C)c2)c1. The fourth-order valence-electron chi connectivity index (χ4n) is 2.12. The van der Waals surface area contributed by atoms with Crippen LogP contribution in [0.2, 0.25) is 0 Å². The highest BCUT2D eigenvalue weighted by molar-refractivity contribution is 6.04. The zero-order chi connectivity index (χ0) is 18.6. The van der Waals surface area contributed by atoms with Crippen molar-refractivity contribution in [3.8, 4) is 0 Å². The largest absolute Gasteiger partial charge is 0.461 e. The van der Waals surface area contributed by atoms with Crippen LogP contribution in [0.25, 0.3) is 0 Å². The Labute approximate surface area is 142 Å². The molecule has 2 rings (SSSR count). The first kappa shape index (κ1) is 18.5. The van der Waals surface area contributed by atoms with Gasteiger partial charge in [0, 0.05) is 16.8 Å². The van der Waals surface area contributed by atoms with E-state index in [2.05, 4.69) is 10.1 Å². The maximum atomic E-state index is 14.1. The van der Waals surface area contributed by atoms with Gasteiger partial charge in [-0.05, 0) is 49.7 Å². The number of benzene rings is 2. The van der Waals surface area contributed by atoms with E-state index in [-0.39, 0.29) is 12.2 Å². The Morgan fingerprint density at radius 3 is 2.52 bits per heavy atom. The molecule has 4 nitrogen and oxygen atoms in total. The highest BCUT2D eigenvalue weighted by Gasteiger charge is 2.42. The molecule has 2 aromatic carbocycles. The van der Waals surface area contributed by atoms with Gasteiger partial charge >= 0.3 is 11.9 Å². The molecule has 0 unspecified atom stereocenters. The van der Waals surface area contributed by atoms with Crippen LogP contribution in [0.3, 0.4) is 0 Å². The summed E-state index contributed by atoms with van der Waals surface area (Å²) in [6.07, 6.45) is 0. The zero-order valence-electron chi connectivity index (χ0n) is 13.6. The summed E-state index contributed by atoms with van der Waals surface area (Å²) in [6, 6.07) is 8.50. The number of ether oxygens (including phenoxy) is 1. The molecule has 1 N–H and O–H groups in total. The van der Waals surface area contributed by atoms with Crippen molar-refractivity contribution in [3.63, 3.8) is 0 Å². The summed E-state index contributed by atoms with van der Waals surface area (Å²) in [5, 5.41) is 2.49. The maximum absolute atomic E-state index is 14.1. The van der Waals surface area contributed by atoms with E-state index in [0.717, 1.165) is 12.1 Å². The van der Waals surface area contributed by atoms with Crippen LogP contribution >= 0.6 is 0 Å². The number of aryl methyl sites for hydroxylation is 1. The molecule has 0 radical (unpaired) electrons. The molecule has 0 aromatic heterocycles. The Balaban J connectivity index is 2.24. The van der Waals surface area contributed by atoms with Crippen molar-refractivity contribution in [1.29, 1.82) is 0 Å². The lowest BCUT2D eigenvalue weighted by molar-refractivity contribution is -0.173. The summed E-state index contributed by atoms with van der Waals surface area (Å²) in [4.78, 5) is 23.6. The molecule has 0 heterocycles. The molecule has 0 bridgehead atoms. The van der Waals surface area contributed by atoms with E-state index in [0.29, 0.717) is 11.3 Å². The normalized spacial score (nSPS) is 11.1. The second-order valence-corrected chi connectivity index (χ2v) is 5.29. The molecular weight excluding hydrogens is 335 g/mol. The predicted molar refractivity (Wildman–Crippen MR) is 86.1 cm³/mol. The third kappa shape index (κ3) is 4.17. The van der Waals surface area contributed by atoms with Crippen molar-refractivity contribution < 1.29 is 27.5 Å². The van der Waals surface area contributed by atoms with Crippen LogP contribution in [-0.4, -0.2) is 18.5 Å². The molecule has 0 atom stereocenters. The van der Waals surface area contributed by atoms with Gasteiger partial charge in [-0.1, -0.05) is 12.1 Å². The van der Waals surface area contributed by atoms with Crippen molar-refractivity contribution >= 4 is 17.6 Å². The molecule has 7 heteroatoms. The first-order valence-electron chi connectivity index (χ1n) is 7.48. The summed E-state index contributed by atoms with van der Waals surface area (Å²) in [5.41, 5.74) is -0.0517. The monoisotopic (exact) mass is 351 g/mol. The van der Waals surface area contributed by atoms with E-state index in [1.165, 1.54) is 44.2 Å². The van der Waals surface area contributed by atoms with E-state index < -0.39 is 29.2 Å². The van der Waals surface area contributed by atoms with Crippen molar-refractivity contribution in [2.45, 2.75) is 19.8 Å². The van der Waals surface area contributed by atoms with Gasteiger partial charge in [0.2, 0.25) is 0 Å². The van der Waals surface area contributed by atoms with Crippen molar-refractivity contribution in [2.24, 2.45) is 0 Å². The minimum absolute atomic E-state index is 0.0662. The van der Waals surface area contributed by atoms with Gasteiger partial charge < -0.3 is 10.1 Å². The van der Waals surface area contributed by atoms with Crippen LogP contribution in [0, 0.1) is 12.7 Å². The molecule has 1 amide bonds. The standard InChI is InChI=1S/C18H16F3NO3/c1-3-25-17(24)18(20,21)13-6-4-5-12(10-13)16(23)22-14-7-8-15(19)11(2)9-14/h4-10H,3H2,1-2H3,(H,22,23). The van der Waals surface area contributed by atoms with Gasteiger partial charge in [-0.25, -0.2) is 9.18 Å². The lowest BCUT2D eigenvalue weighted by atomic mass is 10.0. The highest BCUT2D eigenvalue weighted by atomic mass is 19.3. The molecule has 0 saturated heterocycles. The number of halogens is 3. The minimum atomic E-state index is -3.86. The van der Waals surface area contributed by atoms with Crippen molar-refractivity contribution in [2.75, 3.05) is 11.9 Å². The molecule has 132 valence electrons. The number of carbonyl (C=O) groups excluding carboxylic acids is 2. The number of anilines is 1. The third-order valence-corrected chi connectivity index (χ3v) is 3.43. The van der Waals surface area contributed by atoms with Gasteiger partial charge in [-0.2, -0.15) is 8.78 Å². The van der Waals surface area contributed by atoms with Gasteiger partial charge in [0.15, 0.2) is 0 Å². The molecule has 0 aliphatic rings. The highest BCUT2D eigenvalue weighted by Crippen LogP contribution is 2.30. The molecule has 0 fully saturated rings. The van der Waals surface area contributed by atoms with Crippen LogP contribution in [0.4, 0.5) is 18.9 Å². The van der Waals surface area contributed by atoms with Crippen LogP contribution < -0.4 is 5.32 Å². The molecule has 0 spiro atoms. The first-order chi connectivity index (χ1) is 11.8. The Kier molecular flexibility index (Phi) is 5.46. The van der Waals surface area contributed by atoms with E-state index in [4.69, 9.17) is 0 Å². The average Bonchev–Trinajstić information content (AvgIpc) is 2.58. The summed E-state index contributed by atoms with van der Waals surface area (Å²) in [6.45, 7) is 2.77. The second kappa shape index (κ2) is 7.38. The number of amides is 1. The van der Waals surface area contributed by atoms with E-state index in [1.807, 2.05) is 0 Å². The topological polar surface area (TPSA) is 55.4 Å². The molecule has 0 saturated carbocycles. The number of hydrogen-bond acceptors (Lipinski definition) is 3. The fourth-order valence-corrected chi connectivity index (χ4v) is 2.12. The third-order valence-electron chi connectivity index (χ3n) is 3.43. The Morgan fingerprint density at radius 1 is 1.16 bits per heavy atom. The first-order valence-corrected chi connectivity index (χ1v) is 7.48. The van der Waals surface area contributed by atoms with Crippen LogP contribution in [-0.2, 0) is 15.5 Å². The Bertz CT molecular complexity index is 806. The van der Waals surface area contributed by atoms with Crippen LogP contribution in [0.5, 0.6) is 0 Å². The second-order valence-electron chi connectivity index (χ2n) is 5.29. The van der Waals surface area contributed by atoms with Crippen LogP contribution in [0.1, 0.15) is 28.4 Å². The molecule has 2 aromatic rings. The summed E-state index contributed by atoms with van der Waals surface area (Å²) < 4.78 is 45.7. The summed E-state index contributed by atoms with van der Waals surface area (Å²) in [5.74, 6) is -6.62. The van der Waals surface area contributed by atoms with Crippen molar-refractivity contribution in [3.05, 3.63) is 65.0 Å². The summed E-state index contributed by atoms with van der Waals surface area (Å²) >= 11 is 0. The van der Waals surface area contributed by atoms with Gasteiger partial charge in [0.1, 0.15) is 5.82 Å². The zero-order valence-corrected chi connectivity index (χ0v) is 13.6. The quantitative estimate of drug-likeness (QED) is 0.827. The molecule has 25 heavy (non-hydrogen) atoms. The fraction of sp³-hybridized carbons (Fsp3) is 0.222. The van der Waals surface area contributed by atoms with Gasteiger partial charge in [0.05, 0.1) is 6.61 Å². The van der Waals surface area contributed by atoms with E-state index in [1.54, 1.807) is 0 Å². The van der Waals surface area contributed by atoms with Gasteiger partial charge in [0.25, 0.3) is 5.91 Å². The van der Waals surface area contributed by atoms with E-state index in [9.17, 15) is 22.8 Å². The lowest BCUT2D eigenvalue weighted by Gasteiger charge is -2.15. The Hall–Kier alpha value is -2.83. The molecule has 0 aliphatic carbocycles. The van der Waals surface area contributed by atoms with Crippen LogP contribution in [0.15, 0.2) is 42.5 Å². The number of rotatable bonds is 5. The number of carbonyl (C=O) groups is 2. The number of alkyl halides is 2. The maximum Gasteiger partial charge on any atom is 0.381 e.